The van der Waals surface area contributed by atoms with E-state index in [0.29, 0.717) is 24.7 Å². The van der Waals surface area contributed by atoms with Gasteiger partial charge in [-0.2, -0.15) is 0 Å². The second-order valence-corrected chi connectivity index (χ2v) is 2.86. The lowest BCUT2D eigenvalue weighted by Gasteiger charge is -2.11. The Morgan fingerprint density at radius 2 is 1.60 bits per heavy atom. The van der Waals surface area contributed by atoms with Gasteiger partial charge in [-0.1, -0.05) is 12.1 Å². The SMILES string of the molecule is COCCOc1ccccc1OCCO. The lowest BCUT2D eigenvalue weighted by Crippen LogP contribution is -2.07. The number of aliphatic hydroxyl groups excluding tert-OH is 1. The quantitative estimate of drug-likeness (QED) is 0.687. The number of aliphatic hydroxyl groups is 1. The number of benzene rings is 1. The zero-order valence-corrected chi connectivity index (χ0v) is 8.81. The second-order valence-electron chi connectivity index (χ2n) is 2.86. The van der Waals surface area contributed by atoms with Crippen LogP contribution in [0.15, 0.2) is 24.3 Å². The van der Waals surface area contributed by atoms with Crippen molar-refractivity contribution in [3.05, 3.63) is 24.3 Å². The molecular formula is C11H16O4. The highest BCUT2D eigenvalue weighted by atomic mass is 16.5. The average molecular weight is 212 g/mol. The maximum atomic E-state index is 8.65. The highest BCUT2D eigenvalue weighted by Crippen LogP contribution is 2.26. The van der Waals surface area contributed by atoms with Crippen molar-refractivity contribution in [3.63, 3.8) is 0 Å². The summed E-state index contributed by atoms with van der Waals surface area (Å²) in [6, 6.07) is 7.35. The molecule has 0 saturated heterocycles. The van der Waals surface area contributed by atoms with Crippen molar-refractivity contribution in [3.8, 4) is 11.5 Å². The van der Waals surface area contributed by atoms with Gasteiger partial charge >= 0.3 is 0 Å². The van der Waals surface area contributed by atoms with E-state index in [4.69, 9.17) is 19.3 Å². The number of methoxy groups -OCH3 is 1. The summed E-state index contributed by atoms with van der Waals surface area (Å²) < 4.78 is 15.6. The molecule has 0 atom stereocenters. The molecule has 0 aliphatic carbocycles. The van der Waals surface area contributed by atoms with Crippen LogP contribution in [0.5, 0.6) is 11.5 Å². The minimum Gasteiger partial charge on any atom is -0.487 e. The first-order valence-electron chi connectivity index (χ1n) is 4.83. The first-order chi connectivity index (χ1) is 7.38. The van der Waals surface area contributed by atoms with Gasteiger partial charge in [0.15, 0.2) is 11.5 Å². The van der Waals surface area contributed by atoms with E-state index in [1.165, 1.54) is 0 Å². The van der Waals surface area contributed by atoms with Crippen molar-refractivity contribution in [2.75, 3.05) is 33.5 Å². The van der Waals surface area contributed by atoms with Crippen molar-refractivity contribution in [2.24, 2.45) is 0 Å². The molecule has 1 rings (SSSR count). The number of ether oxygens (including phenoxy) is 3. The molecule has 0 spiro atoms. The summed E-state index contributed by atoms with van der Waals surface area (Å²) >= 11 is 0. The predicted molar refractivity (Wildman–Crippen MR) is 56.4 cm³/mol. The summed E-state index contributed by atoms with van der Waals surface area (Å²) in [4.78, 5) is 0. The van der Waals surface area contributed by atoms with Crippen LogP contribution in [0.25, 0.3) is 0 Å². The van der Waals surface area contributed by atoms with E-state index in [-0.39, 0.29) is 13.2 Å². The van der Waals surface area contributed by atoms with Gasteiger partial charge in [0.2, 0.25) is 0 Å². The van der Waals surface area contributed by atoms with Crippen molar-refractivity contribution >= 4 is 0 Å². The highest BCUT2D eigenvalue weighted by Gasteiger charge is 2.02. The van der Waals surface area contributed by atoms with E-state index in [1.54, 1.807) is 13.2 Å². The van der Waals surface area contributed by atoms with E-state index in [1.807, 2.05) is 18.2 Å². The minimum absolute atomic E-state index is 0.00753. The van der Waals surface area contributed by atoms with Crippen molar-refractivity contribution in [2.45, 2.75) is 0 Å². The normalized spacial score (nSPS) is 10.0. The molecule has 0 aliphatic rings. The molecular weight excluding hydrogens is 196 g/mol. The van der Waals surface area contributed by atoms with Gasteiger partial charge in [0.25, 0.3) is 0 Å². The number of hydrogen-bond donors (Lipinski definition) is 1. The fraction of sp³-hybridized carbons (Fsp3) is 0.455. The Bertz CT molecular complexity index is 275. The Kier molecular flexibility index (Phi) is 5.58. The Morgan fingerprint density at radius 3 is 2.13 bits per heavy atom. The van der Waals surface area contributed by atoms with Crippen LogP contribution >= 0.6 is 0 Å². The van der Waals surface area contributed by atoms with Crippen molar-refractivity contribution < 1.29 is 19.3 Å². The standard InChI is InChI=1S/C11H16O4/c1-13-8-9-15-11-5-3-2-4-10(11)14-7-6-12/h2-5,12H,6-9H2,1H3. The Labute approximate surface area is 89.4 Å². The zero-order valence-electron chi connectivity index (χ0n) is 8.81. The molecule has 1 N–H and O–H groups in total. The molecule has 15 heavy (non-hydrogen) atoms. The molecule has 0 bridgehead atoms. The molecule has 0 aliphatic heterocycles. The largest absolute Gasteiger partial charge is 0.487 e. The number of hydrogen-bond acceptors (Lipinski definition) is 4. The smallest absolute Gasteiger partial charge is 0.161 e. The van der Waals surface area contributed by atoms with Crippen LogP contribution in [0.2, 0.25) is 0 Å². The Hall–Kier alpha value is -1.26. The van der Waals surface area contributed by atoms with Gasteiger partial charge in [0.1, 0.15) is 13.2 Å². The van der Waals surface area contributed by atoms with Crippen LogP contribution in [0.4, 0.5) is 0 Å². The van der Waals surface area contributed by atoms with Gasteiger partial charge in [-0.05, 0) is 12.1 Å². The lowest BCUT2D eigenvalue weighted by atomic mass is 10.3. The highest BCUT2D eigenvalue weighted by molar-refractivity contribution is 5.39. The molecule has 0 unspecified atom stereocenters. The van der Waals surface area contributed by atoms with Crippen LogP contribution in [0.3, 0.4) is 0 Å². The van der Waals surface area contributed by atoms with Gasteiger partial charge in [-0.15, -0.1) is 0 Å². The van der Waals surface area contributed by atoms with Gasteiger partial charge in [-0.3, -0.25) is 0 Å². The molecule has 4 heteroatoms. The molecule has 84 valence electrons. The fourth-order valence-corrected chi connectivity index (χ4v) is 1.08. The summed E-state index contributed by atoms with van der Waals surface area (Å²) in [6.45, 7) is 1.28. The van der Waals surface area contributed by atoms with E-state index >= 15 is 0 Å². The zero-order chi connectivity index (χ0) is 10.9. The third-order valence-electron chi connectivity index (χ3n) is 1.74. The number of rotatable bonds is 7. The van der Waals surface area contributed by atoms with E-state index in [9.17, 15) is 0 Å². The molecule has 0 radical (unpaired) electrons. The lowest BCUT2D eigenvalue weighted by molar-refractivity contribution is 0.141. The molecule has 0 saturated carbocycles. The fourth-order valence-electron chi connectivity index (χ4n) is 1.08. The van der Waals surface area contributed by atoms with E-state index < -0.39 is 0 Å². The maximum Gasteiger partial charge on any atom is 0.161 e. The van der Waals surface area contributed by atoms with Crippen molar-refractivity contribution in [1.82, 2.24) is 0 Å². The third-order valence-corrected chi connectivity index (χ3v) is 1.74. The molecule has 1 aromatic rings. The van der Waals surface area contributed by atoms with Crippen LogP contribution < -0.4 is 9.47 Å². The van der Waals surface area contributed by atoms with Crippen LogP contribution in [0, 0.1) is 0 Å². The summed E-state index contributed by atoms with van der Waals surface area (Å²) in [5.41, 5.74) is 0. The molecule has 0 aromatic heterocycles. The van der Waals surface area contributed by atoms with Crippen LogP contribution in [0.1, 0.15) is 0 Å². The number of para-hydroxylation sites is 2. The van der Waals surface area contributed by atoms with Crippen molar-refractivity contribution in [1.29, 1.82) is 0 Å². The van der Waals surface area contributed by atoms with Gasteiger partial charge in [0, 0.05) is 7.11 Å². The molecule has 0 heterocycles. The summed E-state index contributed by atoms with van der Waals surface area (Å²) in [5, 5.41) is 8.65. The predicted octanol–water partition coefficient (Wildman–Crippen LogP) is 1.08. The van der Waals surface area contributed by atoms with Crippen LogP contribution in [-0.4, -0.2) is 38.6 Å². The van der Waals surface area contributed by atoms with E-state index in [0.717, 1.165) is 0 Å². The minimum atomic E-state index is -0.00753. The molecule has 0 amide bonds. The van der Waals surface area contributed by atoms with E-state index in [2.05, 4.69) is 0 Å². The average Bonchev–Trinajstić information content (AvgIpc) is 2.28. The molecule has 0 fully saturated rings. The summed E-state index contributed by atoms with van der Waals surface area (Å²) in [6.07, 6.45) is 0. The van der Waals surface area contributed by atoms with Gasteiger partial charge < -0.3 is 19.3 Å². The Morgan fingerprint density at radius 1 is 1.00 bits per heavy atom. The first-order valence-corrected chi connectivity index (χ1v) is 4.83. The topological polar surface area (TPSA) is 47.9 Å². The molecule has 1 aromatic carbocycles. The van der Waals surface area contributed by atoms with Gasteiger partial charge in [0.05, 0.1) is 13.2 Å². The van der Waals surface area contributed by atoms with Gasteiger partial charge in [-0.25, -0.2) is 0 Å². The third kappa shape index (κ3) is 4.18. The Balaban J connectivity index is 2.52. The summed E-state index contributed by atoms with van der Waals surface area (Å²) in [7, 11) is 1.62. The van der Waals surface area contributed by atoms with Crippen LogP contribution in [-0.2, 0) is 4.74 Å². The monoisotopic (exact) mass is 212 g/mol. The first kappa shape index (κ1) is 11.8. The molecule has 4 nitrogen and oxygen atoms in total. The maximum absolute atomic E-state index is 8.65. The second kappa shape index (κ2) is 7.09. The summed E-state index contributed by atoms with van der Waals surface area (Å²) in [5.74, 6) is 1.31.